The molecule has 1 aromatic carbocycles. The first-order chi connectivity index (χ1) is 11.0. The van der Waals surface area contributed by atoms with Crippen LogP contribution in [0.2, 0.25) is 0 Å². The van der Waals surface area contributed by atoms with Crippen LogP contribution in [0.15, 0.2) is 24.3 Å². The lowest BCUT2D eigenvalue weighted by Gasteiger charge is -2.24. The van der Waals surface area contributed by atoms with Gasteiger partial charge in [-0.2, -0.15) is 4.37 Å². The fourth-order valence-electron chi connectivity index (χ4n) is 2.60. The Labute approximate surface area is 138 Å². The van der Waals surface area contributed by atoms with Gasteiger partial charge in [0.2, 0.25) is 5.13 Å². The molecular weight excluding hydrogens is 317 g/mol. The van der Waals surface area contributed by atoms with Gasteiger partial charge in [0.15, 0.2) is 0 Å². The molecule has 0 saturated carbocycles. The summed E-state index contributed by atoms with van der Waals surface area (Å²) in [5.74, 6) is 0.825. The van der Waals surface area contributed by atoms with Crippen molar-refractivity contribution >= 4 is 16.7 Å². The SMILES string of the molecule is CC(O)(CNc1nc(C2CCOCC2)ns1)c1cccc(F)c1. The smallest absolute Gasteiger partial charge is 0.202 e. The Morgan fingerprint density at radius 2 is 2.22 bits per heavy atom. The van der Waals surface area contributed by atoms with Crippen molar-refractivity contribution in [3.8, 4) is 0 Å². The summed E-state index contributed by atoms with van der Waals surface area (Å²) in [6.45, 7) is 3.38. The highest BCUT2D eigenvalue weighted by Gasteiger charge is 2.25. The highest BCUT2D eigenvalue weighted by atomic mass is 32.1. The van der Waals surface area contributed by atoms with E-state index in [2.05, 4.69) is 14.7 Å². The molecule has 0 aliphatic carbocycles. The zero-order chi connectivity index (χ0) is 16.3. The van der Waals surface area contributed by atoms with E-state index in [9.17, 15) is 9.50 Å². The second kappa shape index (κ2) is 6.90. The molecule has 2 heterocycles. The topological polar surface area (TPSA) is 67.3 Å². The van der Waals surface area contributed by atoms with E-state index in [1.165, 1.54) is 23.7 Å². The Morgan fingerprint density at radius 3 is 2.96 bits per heavy atom. The van der Waals surface area contributed by atoms with Crippen LogP contribution >= 0.6 is 11.5 Å². The summed E-state index contributed by atoms with van der Waals surface area (Å²) in [5, 5.41) is 14.3. The number of aromatic nitrogens is 2. The monoisotopic (exact) mass is 337 g/mol. The van der Waals surface area contributed by atoms with Crippen LogP contribution in [-0.2, 0) is 10.3 Å². The summed E-state index contributed by atoms with van der Waals surface area (Å²) in [5.41, 5.74) is -0.661. The molecular formula is C16H20FN3O2S. The fraction of sp³-hybridized carbons (Fsp3) is 0.500. The lowest BCUT2D eigenvalue weighted by molar-refractivity contribution is 0.0712. The van der Waals surface area contributed by atoms with E-state index in [4.69, 9.17) is 4.74 Å². The van der Waals surface area contributed by atoms with Crippen LogP contribution in [0.4, 0.5) is 9.52 Å². The molecule has 5 nitrogen and oxygen atoms in total. The second-order valence-electron chi connectivity index (χ2n) is 5.98. The first-order valence-electron chi connectivity index (χ1n) is 7.68. The van der Waals surface area contributed by atoms with Crippen molar-refractivity contribution in [1.82, 2.24) is 9.36 Å². The van der Waals surface area contributed by atoms with E-state index >= 15 is 0 Å². The van der Waals surface area contributed by atoms with Crippen molar-refractivity contribution in [2.45, 2.75) is 31.3 Å². The van der Waals surface area contributed by atoms with Gasteiger partial charge in [0.1, 0.15) is 17.2 Å². The van der Waals surface area contributed by atoms with Gasteiger partial charge in [-0.05, 0) is 37.5 Å². The Kier molecular flexibility index (Phi) is 4.89. The number of ether oxygens (including phenoxy) is 1. The van der Waals surface area contributed by atoms with Gasteiger partial charge in [0, 0.05) is 37.2 Å². The Hall–Kier alpha value is -1.57. The summed E-state index contributed by atoms with van der Waals surface area (Å²) >= 11 is 1.28. The van der Waals surface area contributed by atoms with Gasteiger partial charge < -0.3 is 15.2 Å². The molecule has 124 valence electrons. The Morgan fingerprint density at radius 1 is 1.43 bits per heavy atom. The summed E-state index contributed by atoms with van der Waals surface area (Å²) < 4.78 is 23.1. The van der Waals surface area contributed by atoms with Gasteiger partial charge in [0.25, 0.3) is 0 Å². The van der Waals surface area contributed by atoms with E-state index < -0.39 is 5.60 Å². The summed E-state index contributed by atoms with van der Waals surface area (Å²) in [6.07, 6.45) is 1.88. The van der Waals surface area contributed by atoms with Crippen molar-refractivity contribution in [3.05, 3.63) is 41.5 Å². The number of hydrogen-bond acceptors (Lipinski definition) is 6. The van der Waals surface area contributed by atoms with Crippen LogP contribution in [0.1, 0.15) is 37.1 Å². The zero-order valence-corrected chi connectivity index (χ0v) is 13.8. The molecule has 0 radical (unpaired) electrons. The number of nitrogens with one attached hydrogen (secondary N) is 1. The maximum absolute atomic E-state index is 13.3. The minimum atomic E-state index is -1.19. The average Bonchev–Trinajstić information content (AvgIpc) is 3.03. The predicted molar refractivity (Wildman–Crippen MR) is 87.2 cm³/mol. The molecule has 23 heavy (non-hydrogen) atoms. The highest BCUT2D eigenvalue weighted by molar-refractivity contribution is 7.09. The minimum Gasteiger partial charge on any atom is -0.384 e. The van der Waals surface area contributed by atoms with Crippen LogP contribution in [0.3, 0.4) is 0 Å². The maximum atomic E-state index is 13.3. The van der Waals surface area contributed by atoms with Gasteiger partial charge in [0.05, 0.1) is 0 Å². The molecule has 1 atom stereocenters. The van der Waals surface area contributed by atoms with Gasteiger partial charge in [-0.1, -0.05) is 12.1 Å². The normalized spacial score (nSPS) is 18.6. The largest absolute Gasteiger partial charge is 0.384 e. The van der Waals surface area contributed by atoms with Gasteiger partial charge in [-0.25, -0.2) is 9.37 Å². The van der Waals surface area contributed by atoms with Crippen molar-refractivity contribution in [3.63, 3.8) is 0 Å². The van der Waals surface area contributed by atoms with E-state index in [1.54, 1.807) is 19.1 Å². The number of halogens is 1. The number of benzene rings is 1. The molecule has 2 N–H and O–H groups in total. The van der Waals surface area contributed by atoms with Crippen molar-refractivity contribution in [2.24, 2.45) is 0 Å². The number of nitrogens with zero attached hydrogens (tertiary/aromatic N) is 2. The third-order valence-electron chi connectivity index (χ3n) is 4.06. The van der Waals surface area contributed by atoms with Crippen LogP contribution in [0.25, 0.3) is 0 Å². The van der Waals surface area contributed by atoms with Gasteiger partial charge in [-0.15, -0.1) is 0 Å². The number of anilines is 1. The molecule has 0 amide bonds. The first kappa shape index (κ1) is 16.3. The molecule has 1 aliphatic rings. The van der Waals surface area contributed by atoms with Gasteiger partial charge >= 0.3 is 0 Å². The molecule has 2 aromatic rings. The average molecular weight is 337 g/mol. The molecule has 1 fully saturated rings. The van der Waals surface area contributed by atoms with Crippen molar-refractivity contribution in [2.75, 3.05) is 25.1 Å². The third-order valence-corrected chi connectivity index (χ3v) is 4.75. The van der Waals surface area contributed by atoms with Crippen molar-refractivity contribution in [1.29, 1.82) is 0 Å². The molecule has 0 spiro atoms. The molecule has 1 unspecified atom stereocenters. The number of hydrogen-bond donors (Lipinski definition) is 2. The second-order valence-corrected chi connectivity index (χ2v) is 6.73. The Bertz CT molecular complexity index is 656. The van der Waals surface area contributed by atoms with E-state index in [0.717, 1.165) is 31.9 Å². The quantitative estimate of drug-likeness (QED) is 0.878. The Balaban J connectivity index is 1.62. The molecule has 1 saturated heterocycles. The number of aliphatic hydroxyl groups is 1. The van der Waals surface area contributed by atoms with Crippen LogP contribution in [0, 0.1) is 5.82 Å². The third kappa shape index (κ3) is 4.04. The van der Waals surface area contributed by atoms with Gasteiger partial charge in [-0.3, -0.25) is 0 Å². The maximum Gasteiger partial charge on any atom is 0.202 e. The summed E-state index contributed by atoms with van der Waals surface area (Å²) in [4.78, 5) is 4.50. The lowest BCUT2D eigenvalue weighted by Crippen LogP contribution is -2.30. The molecule has 7 heteroatoms. The standard InChI is InChI=1S/C16H20FN3O2S/c1-16(21,12-3-2-4-13(17)9-12)10-18-15-19-14(20-23-15)11-5-7-22-8-6-11/h2-4,9,11,21H,5-8,10H2,1H3,(H,18,19,20). The zero-order valence-electron chi connectivity index (χ0n) is 13.0. The van der Waals surface area contributed by atoms with E-state index in [-0.39, 0.29) is 12.4 Å². The van der Waals surface area contributed by atoms with E-state index in [1.807, 2.05) is 0 Å². The van der Waals surface area contributed by atoms with Crippen molar-refractivity contribution < 1.29 is 14.2 Å². The summed E-state index contributed by atoms with van der Waals surface area (Å²) in [6, 6.07) is 6.00. The number of rotatable bonds is 5. The van der Waals surface area contributed by atoms with E-state index in [0.29, 0.717) is 16.6 Å². The fourth-order valence-corrected chi connectivity index (χ4v) is 3.24. The minimum absolute atomic E-state index is 0.235. The lowest BCUT2D eigenvalue weighted by atomic mass is 9.96. The molecule has 0 bridgehead atoms. The molecule has 1 aromatic heterocycles. The molecule has 1 aliphatic heterocycles. The first-order valence-corrected chi connectivity index (χ1v) is 8.45. The molecule has 3 rings (SSSR count). The van der Waals surface area contributed by atoms with Crippen LogP contribution < -0.4 is 5.32 Å². The van der Waals surface area contributed by atoms with Crippen LogP contribution in [0.5, 0.6) is 0 Å². The highest BCUT2D eigenvalue weighted by Crippen LogP contribution is 2.28. The van der Waals surface area contributed by atoms with Crippen LogP contribution in [-0.4, -0.2) is 34.2 Å². The predicted octanol–water partition coefficient (Wildman–Crippen LogP) is 2.89. The summed E-state index contributed by atoms with van der Waals surface area (Å²) in [7, 11) is 0.